The van der Waals surface area contributed by atoms with E-state index in [0.717, 1.165) is 30.7 Å². The van der Waals surface area contributed by atoms with Crippen LogP contribution in [0.2, 0.25) is 5.02 Å². The van der Waals surface area contributed by atoms with Crippen LogP contribution in [0.5, 0.6) is 0 Å². The van der Waals surface area contributed by atoms with E-state index in [2.05, 4.69) is 14.6 Å². The molecule has 0 amide bonds. The second kappa shape index (κ2) is 9.30. The minimum Gasteiger partial charge on any atom is -0.369 e. The van der Waals surface area contributed by atoms with Crippen molar-refractivity contribution in [3.8, 4) is 0 Å². The van der Waals surface area contributed by atoms with Gasteiger partial charge in [-0.15, -0.1) is 11.3 Å². The molecule has 3 aromatic rings. The van der Waals surface area contributed by atoms with Crippen LogP contribution < -0.4 is 9.62 Å². The SMILES string of the molecule is CN(c1cc(F)c(S(=O)(=O)Nc2cscn2)cc1Cl)C1CCN(Cc2cccc(F)c2)C1. The van der Waals surface area contributed by atoms with Crippen LogP contribution in [0.25, 0.3) is 0 Å². The molecule has 11 heteroatoms. The van der Waals surface area contributed by atoms with Crippen LogP contribution in [0.3, 0.4) is 0 Å². The molecule has 1 aliphatic heterocycles. The first kappa shape index (κ1) is 22.9. The number of aromatic nitrogens is 1. The molecule has 4 rings (SSSR count). The largest absolute Gasteiger partial charge is 0.369 e. The fourth-order valence-electron chi connectivity index (χ4n) is 3.81. The van der Waals surface area contributed by atoms with Gasteiger partial charge in [-0.3, -0.25) is 9.62 Å². The molecule has 0 aliphatic carbocycles. The van der Waals surface area contributed by atoms with E-state index in [1.165, 1.54) is 34.4 Å². The maximum atomic E-state index is 14.8. The van der Waals surface area contributed by atoms with Gasteiger partial charge >= 0.3 is 0 Å². The molecular formula is C21H21ClF2N4O2S2. The van der Waals surface area contributed by atoms with E-state index in [1.54, 1.807) is 13.1 Å². The number of anilines is 2. The monoisotopic (exact) mass is 498 g/mol. The van der Waals surface area contributed by atoms with Crippen LogP contribution in [0, 0.1) is 11.6 Å². The average Bonchev–Trinajstić information content (AvgIpc) is 3.40. The van der Waals surface area contributed by atoms with Gasteiger partial charge in [-0.2, -0.15) is 0 Å². The topological polar surface area (TPSA) is 65.5 Å². The van der Waals surface area contributed by atoms with Gasteiger partial charge < -0.3 is 4.90 Å². The number of nitrogens with zero attached hydrogens (tertiary/aromatic N) is 3. The fourth-order valence-corrected chi connectivity index (χ4v) is 5.82. The number of benzene rings is 2. The third-order valence-corrected chi connectivity index (χ3v) is 7.69. The Hall–Kier alpha value is -2.27. The molecule has 1 fully saturated rings. The first-order chi connectivity index (χ1) is 15.2. The van der Waals surface area contributed by atoms with Crippen molar-refractivity contribution < 1.29 is 17.2 Å². The molecule has 1 N–H and O–H groups in total. The normalized spacial score (nSPS) is 16.9. The summed E-state index contributed by atoms with van der Waals surface area (Å²) in [6.07, 6.45) is 0.815. The standard InChI is InChI=1S/C21H21ClF2N4O2S2/c1-27(16-5-6-28(11-16)10-14-3-2-4-15(23)7-14)19-9-18(24)20(8-17(19)22)32(29,30)26-21-12-31-13-25-21/h2-4,7-9,12-13,16,26H,5-6,10-11H2,1H3. The Bertz CT molecular complexity index is 1210. The summed E-state index contributed by atoms with van der Waals surface area (Å²) < 4.78 is 55.6. The minimum atomic E-state index is -4.17. The number of nitrogens with one attached hydrogen (secondary N) is 1. The van der Waals surface area contributed by atoms with E-state index in [1.807, 2.05) is 11.0 Å². The molecular weight excluding hydrogens is 478 g/mol. The minimum absolute atomic E-state index is 0.0519. The molecule has 1 unspecified atom stereocenters. The van der Waals surface area contributed by atoms with Crippen molar-refractivity contribution in [1.29, 1.82) is 0 Å². The highest BCUT2D eigenvalue weighted by atomic mass is 35.5. The summed E-state index contributed by atoms with van der Waals surface area (Å²) >= 11 is 7.59. The average molecular weight is 499 g/mol. The van der Waals surface area contributed by atoms with Crippen molar-refractivity contribution in [2.45, 2.75) is 23.9 Å². The smallest absolute Gasteiger partial charge is 0.266 e. The van der Waals surface area contributed by atoms with E-state index in [4.69, 9.17) is 11.6 Å². The van der Waals surface area contributed by atoms with Gasteiger partial charge in [0, 0.05) is 44.2 Å². The van der Waals surface area contributed by atoms with Crippen LogP contribution in [-0.4, -0.2) is 44.5 Å². The molecule has 2 heterocycles. The summed E-state index contributed by atoms with van der Waals surface area (Å²) in [7, 11) is -2.36. The number of halogens is 3. The molecule has 6 nitrogen and oxygen atoms in total. The van der Waals surface area contributed by atoms with Crippen LogP contribution >= 0.6 is 22.9 Å². The number of likely N-dealkylation sites (N-methyl/N-ethyl adjacent to an activating group) is 1. The second-order valence-corrected chi connectivity index (χ2v) is 10.4. The maximum absolute atomic E-state index is 14.8. The van der Waals surface area contributed by atoms with E-state index in [0.29, 0.717) is 18.8 Å². The van der Waals surface area contributed by atoms with Crippen molar-refractivity contribution in [2.75, 3.05) is 29.8 Å². The van der Waals surface area contributed by atoms with Gasteiger partial charge in [0.25, 0.3) is 10.0 Å². The van der Waals surface area contributed by atoms with Crippen LogP contribution in [0.15, 0.2) is 52.2 Å². The number of likely N-dealkylation sites (tertiary alicyclic amines) is 1. The molecule has 170 valence electrons. The van der Waals surface area contributed by atoms with E-state index in [-0.39, 0.29) is 22.7 Å². The molecule has 2 aromatic carbocycles. The van der Waals surface area contributed by atoms with Crippen molar-refractivity contribution >= 4 is 44.5 Å². The lowest BCUT2D eigenvalue weighted by Gasteiger charge is -2.28. The molecule has 0 saturated carbocycles. The zero-order valence-corrected chi connectivity index (χ0v) is 19.5. The Morgan fingerprint density at radius 1 is 1.31 bits per heavy atom. The highest BCUT2D eigenvalue weighted by Crippen LogP contribution is 2.33. The lowest BCUT2D eigenvalue weighted by molar-refractivity contribution is 0.325. The van der Waals surface area contributed by atoms with Gasteiger partial charge in [0.1, 0.15) is 16.5 Å². The highest BCUT2D eigenvalue weighted by Gasteiger charge is 2.29. The molecule has 1 aromatic heterocycles. The number of sulfonamides is 1. The number of thiazole rings is 1. The predicted molar refractivity (Wildman–Crippen MR) is 123 cm³/mol. The van der Waals surface area contributed by atoms with Crippen molar-refractivity contribution in [3.05, 3.63) is 69.5 Å². The molecule has 0 spiro atoms. The fraction of sp³-hybridized carbons (Fsp3) is 0.286. The second-order valence-electron chi connectivity index (χ2n) is 7.63. The van der Waals surface area contributed by atoms with E-state index in [9.17, 15) is 17.2 Å². The Morgan fingerprint density at radius 2 is 2.12 bits per heavy atom. The Labute approximate surface area is 194 Å². The molecule has 1 saturated heterocycles. The number of hydrogen-bond donors (Lipinski definition) is 1. The van der Waals surface area contributed by atoms with Gasteiger partial charge in [0.05, 0.1) is 16.2 Å². The van der Waals surface area contributed by atoms with Gasteiger partial charge in [-0.25, -0.2) is 22.2 Å². The third-order valence-electron chi connectivity index (χ3n) is 5.43. The van der Waals surface area contributed by atoms with E-state index < -0.39 is 20.7 Å². The van der Waals surface area contributed by atoms with Gasteiger partial charge in [-0.1, -0.05) is 23.7 Å². The summed E-state index contributed by atoms with van der Waals surface area (Å²) in [4.78, 5) is 7.38. The Morgan fingerprint density at radius 3 is 2.84 bits per heavy atom. The zero-order valence-electron chi connectivity index (χ0n) is 17.1. The van der Waals surface area contributed by atoms with Crippen LogP contribution in [-0.2, 0) is 16.6 Å². The number of hydrogen-bond acceptors (Lipinski definition) is 6. The summed E-state index contributed by atoms with van der Waals surface area (Å²) in [6.45, 7) is 2.11. The Kier molecular flexibility index (Phi) is 6.66. The van der Waals surface area contributed by atoms with Gasteiger partial charge in [0.15, 0.2) is 5.82 Å². The molecule has 1 atom stereocenters. The first-order valence-corrected chi connectivity index (χ1v) is 12.6. The predicted octanol–water partition coefficient (Wildman–Crippen LogP) is 4.59. The van der Waals surface area contributed by atoms with Crippen molar-refractivity contribution in [2.24, 2.45) is 0 Å². The summed E-state index contributed by atoms with van der Waals surface area (Å²) in [5.74, 6) is -1.04. The lowest BCUT2D eigenvalue weighted by atomic mass is 10.2. The van der Waals surface area contributed by atoms with Gasteiger partial charge in [0.2, 0.25) is 0 Å². The zero-order chi connectivity index (χ0) is 22.9. The van der Waals surface area contributed by atoms with Crippen LogP contribution in [0.1, 0.15) is 12.0 Å². The van der Waals surface area contributed by atoms with Crippen LogP contribution in [0.4, 0.5) is 20.3 Å². The molecule has 0 bridgehead atoms. The molecule has 32 heavy (non-hydrogen) atoms. The highest BCUT2D eigenvalue weighted by molar-refractivity contribution is 7.92. The molecule has 0 radical (unpaired) electrons. The quantitative estimate of drug-likeness (QED) is 0.516. The molecule has 1 aliphatic rings. The maximum Gasteiger partial charge on any atom is 0.266 e. The van der Waals surface area contributed by atoms with Crippen molar-refractivity contribution in [3.63, 3.8) is 0 Å². The van der Waals surface area contributed by atoms with Gasteiger partial charge in [-0.05, 0) is 30.2 Å². The Balaban J connectivity index is 1.48. The third kappa shape index (κ3) is 5.03. The first-order valence-electron chi connectivity index (χ1n) is 9.82. The number of rotatable bonds is 7. The van der Waals surface area contributed by atoms with E-state index >= 15 is 0 Å². The summed E-state index contributed by atoms with van der Waals surface area (Å²) in [5, 5.41) is 1.64. The van der Waals surface area contributed by atoms with Crippen molar-refractivity contribution in [1.82, 2.24) is 9.88 Å². The lowest BCUT2D eigenvalue weighted by Crippen LogP contribution is -2.34. The summed E-state index contributed by atoms with van der Waals surface area (Å²) in [5.41, 5.74) is 2.77. The summed E-state index contributed by atoms with van der Waals surface area (Å²) in [6, 6.07) is 8.82.